The fourth-order valence-electron chi connectivity index (χ4n) is 6.13. The van der Waals surface area contributed by atoms with Crippen molar-refractivity contribution in [1.29, 1.82) is 0 Å². The molecular weight excluding hydrogens is 242 g/mol. The maximum absolute atomic E-state index is 6.60. The Labute approximate surface area is 121 Å². The molecule has 0 aromatic heterocycles. The van der Waals surface area contributed by atoms with Crippen molar-refractivity contribution in [1.82, 2.24) is 0 Å². The summed E-state index contributed by atoms with van der Waals surface area (Å²) >= 11 is 0. The molecule has 3 saturated carbocycles. The molecule has 2 bridgehead atoms. The van der Waals surface area contributed by atoms with Gasteiger partial charge in [0, 0.05) is 6.04 Å². The Balaban J connectivity index is 1.31. The monoisotopic (exact) mass is 267 g/mol. The Morgan fingerprint density at radius 1 is 1.05 bits per heavy atom. The average molecular weight is 267 g/mol. The number of rotatable bonds is 3. The normalized spacial score (nSPS) is 41.5. The minimum Gasteiger partial charge on any atom is -0.327 e. The fourth-order valence-corrected chi connectivity index (χ4v) is 6.13. The third-order valence-corrected chi connectivity index (χ3v) is 6.92. The van der Waals surface area contributed by atoms with E-state index in [2.05, 4.69) is 18.2 Å². The van der Waals surface area contributed by atoms with Crippen LogP contribution in [0.3, 0.4) is 0 Å². The van der Waals surface area contributed by atoms with Crippen LogP contribution < -0.4 is 5.73 Å². The topological polar surface area (TPSA) is 26.0 Å². The molecule has 0 saturated heterocycles. The molecule has 2 N–H and O–H groups in total. The maximum atomic E-state index is 6.60. The molecule has 5 atom stereocenters. The third-order valence-electron chi connectivity index (χ3n) is 6.92. The summed E-state index contributed by atoms with van der Waals surface area (Å²) in [7, 11) is 0. The van der Waals surface area contributed by atoms with Gasteiger partial charge in [0.25, 0.3) is 0 Å². The average Bonchev–Trinajstić information content (AvgIpc) is 2.83. The van der Waals surface area contributed by atoms with Gasteiger partial charge in [-0.2, -0.15) is 0 Å². The summed E-state index contributed by atoms with van der Waals surface area (Å²) in [5.41, 5.74) is 11.3. The fraction of sp³-hybridized carbons (Fsp3) is 0.684. The van der Waals surface area contributed by atoms with Gasteiger partial charge in [0.2, 0.25) is 0 Å². The van der Waals surface area contributed by atoms with Crippen LogP contribution in [-0.2, 0) is 19.3 Å². The lowest BCUT2D eigenvalue weighted by Crippen LogP contribution is -2.28. The zero-order chi connectivity index (χ0) is 13.3. The molecule has 1 nitrogen and oxygen atoms in total. The van der Waals surface area contributed by atoms with Crippen LogP contribution in [-0.4, -0.2) is 6.04 Å². The van der Waals surface area contributed by atoms with Crippen molar-refractivity contribution in [3.05, 3.63) is 34.9 Å². The van der Waals surface area contributed by atoms with Gasteiger partial charge in [-0.05, 0) is 91.2 Å². The van der Waals surface area contributed by atoms with Crippen molar-refractivity contribution >= 4 is 0 Å². The zero-order valence-electron chi connectivity index (χ0n) is 12.2. The van der Waals surface area contributed by atoms with Crippen LogP contribution in [0.25, 0.3) is 0 Å². The van der Waals surface area contributed by atoms with Gasteiger partial charge in [-0.3, -0.25) is 0 Å². The predicted molar refractivity (Wildman–Crippen MR) is 81.4 cm³/mol. The van der Waals surface area contributed by atoms with E-state index in [-0.39, 0.29) is 0 Å². The number of hydrogen-bond donors (Lipinski definition) is 1. The molecule has 0 aliphatic heterocycles. The van der Waals surface area contributed by atoms with Crippen LogP contribution in [0, 0.1) is 29.6 Å². The Kier molecular flexibility index (Phi) is 2.42. The first-order chi connectivity index (χ1) is 9.81. The smallest absolute Gasteiger partial charge is 0.0113 e. The van der Waals surface area contributed by atoms with E-state index in [4.69, 9.17) is 5.73 Å². The summed E-state index contributed by atoms with van der Waals surface area (Å²) < 4.78 is 0. The summed E-state index contributed by atoms with van der Waals surface area (Å²) in [5.74, 6) is 5.04. The molecular formula is C19H25N. The quantitative estimate of drug-likeness (QED) is 0.893. The molecule has 4 aliphatic carbocycles. The van der Waals surface area contributed by atoms with Crippen LogP contribution in [0.2, 0.25) is 0 Å². The highest BCUT2D eigenvalue weighted by molar-refractivity contribution is 5.36. The number of aryl methyl sites for hydroxylation is 2. The van der Waals surface area contributed by atoms with E-state index in [1.807, 2.05) is 0 Å². The molecule has 0 radical (unpaired) electrons. The highest BCUT2D eigenvalue weighted by atomic mass is 14.8. The summed E-state index contributed by atoms with van der Waals surface area (Å²) in [4.78, 5) is 0. The molecule has 4 aliphatic rings. The first-order valence-electron chi connectivity index (χ1n) is 8.67. The van der Waals surface area contributed by atoms with Crippen LogP contribution in [0.1, 0.15) is 42.4 Å². The molecule has 5 unspecified atom stereocenters. The number of hydrogen-bond acceptors (Lipinski definition) is 1. The number of nitrogens with two attached hydrogens (primary N) is 1. The Bertz CT molecular complexity index is 533. The third kappa shape index (κ3) is 1.59. The molecule has 0 amide bonds. The van der Waals surface area contributed by atoms with Gasteiger partial charge in [-0.1, -0.05) is 18.2 Å². The van der Waals surface area contributed by atoms with Crippen molar-refractivity contribution < 1.29 is 0 Å². The summed E-state index contributed by atoms with van der Waals surface area (Å²) in [5, 5.41) is 0. The Morgan fingerprint density at radius 3 is 2.60 bits per heavy atom. The van der Waals surface area contributed by atoms with E-state index in [1.54, 1.807) is 11.1 Å². The lowest BCUT2D eigenvalue weighted by molar-refractivity contribution is 0.409. The van der Waals surface area contributed by atoms with Gasteiger partial charge in [0.15, 0.2) is 0 Å². The maximum Gasteiger partial charge on any atom is 0.0113 e. The van der Waals surface area contributed by atoms with Crippen LogP contribution >= 0.6 is 0 Å². The van der Waals surface area contributed by atoms with Crippen LogP contribution in [0.5, 0.6) is 0 Å². The number of fused-ring (bicyclic) bond motifs is 6. The lowest BCUT2D eigenvalue weighted by atomic mass is 9.93. The summed E-state index contributed by atoms with van der Waals surface area (Å²) in [6, 6.07) is 7.58. The second kappa shape index (κ2) is 4.10. The van der Waals surface area contributed by atoms with Gasteiger partial charge >= 0.3 is 0 Å². The summed E-state index contributed by atoms with van der Waals surface area (Å²) in [6.45, 7) is 0. The van der Waals surface area contributed by atoms with Crippen LogP contribution in [0.4, 0.5) is 0 Å². The Morgan fingerprint density at radius 2 is 1.80 bits per heavy atom. The molecule has 1 heteroatoms. The van der Waals surface area contributed by atoms with E-state index in [1.165, 1.54) is 44.1 Å². The largest absolute Gasteiger partial charge is 0.327 e. The second-order valence-corrected chi connectivity index (χ2v) is 7.89. The zero-order valence-corrected chi connectivity index (χ0v) is 12.2. The van der Waals surface area contributed by atoms with Gasteiger partial charge in [-0.25, -0.2) is 0 Å². The van der Waals surface area contributed by atoms with E-state index >= 15 is 0 Å². The molecule has 3 fully saturated rings. The summed E-state index contributed by atoms with van der Waals surface area (Å²) in [6.07, 6.45) is 9.60. The van der Waals surface area contributed by atoms with Gasteiger partial charge in [0.05, 0.1) is 0 Å². The predicted octanol–water partition coefficient (Wildman–Crippen LogP) is 3.34. The highest BCUT2D eigenvalue weighted by Gasteiger charge is 2.65. The van der Waals surface area contributed by atoms with E-state index < -0.39 is 0 Å². The van der Waals surface area contributed by atoms with Crippen molar-refractivity contribution in [3.63, 3.8) is 0 Å². The van der Waals surface area contributed by atoms with Crippen molar-refractivity contribution in [3.8, 4) is 0 Å². The van der Waals surface area contributed by atoms with E-state index in [9.17, 15) is 0 Å². The molecule has 5 rings (SSSR count). The standard InChI is InChI=1S/C19H25N/c20-16(19-17-14-6-7-15(10-14)18(17)19)9-11-4-5-12-2-1-3-13(12)8-11/h4-5,8,14-19H,1-3,6-7,9-10,20H2. The van der Waals surface area contributed by atoms with Crippen molar-refractivity contribution in [2.24, 2.45) is 35.3 Å². The van der Waals surface area contributed by atoms with E-state index in [0.29, 0.717) is 6.04 Å². The van der Waals surface area contributed by atoms with Gasteiger partial charge < -0.3 is 5.73 Å². The molecule has 0 spiro atoms. The second-order valence-electron chi connectivity index (χ2n) is 7.89. The molecule has 20 heavy (non-hydrogen) atoms. The first kappa shape index (κ1) is 11.8. The van der Waals surface area contributed by atoms with Gasteiger partial charge in [-0.15, -0.1) is 0 Å². The molecule has 1 aromatic rings. The lowest BCUT2D eigenvalue weighted by Gasteiger charge is -2.16. The minimum atomic E-state index is 0.424. The molecule has 106 valence electrons. The van der Waals surface area contributed by atoms with E-state index in [0.717, 1.165) is 36.0 Å². The first-order valence-corrected chi connectivity index (χ1v) is 8.67. The molecule has 1 aromatic carbocycles. The van der Waals surface area contributed by atoms with Crippen molar-refractivity contribution in [2.75, 3.05) is 0 Å². The highest BCUT2D eigenvalue weighted by Crippen LogP contribution is 2.70. The number of benzene rings is 1. The Hall–Kier alpha value is -0.820. The SMILES string of the molecule is NC(Cc1ccc2c(c1)CCC2)C1C2C3CCC(C3)C12. The van der Waals surface area contributed by atoms with Crippen molar-refractivity contribution in [2.45, 2.75) is 51.0 Å². The minimum absolute atomic E-state index is 0.424. The van der Waals surface area contributed by atoms with Crippen LogP contribution in [0.15, 0.2) is 18.2 Å². The van der Waals surface area contributed by atoms with Gasteiger partial charge in [0.1, 0.15) is 0 Å². The molecule has 0 heterocycles.